The minimum atomic E-state index is -0.999. The lowest BCUT2D eigenvalue weighted by molar-refractivity contribution is -0.138. The van der Waals surface area contributed by atoms with Crippen LogP contribution in [-0.4, -0.2) is 50.0 Å². The number of nitrogens with one attached hydrogen (secondary N) is 2. The monoisotopic (exact) mass is 470 g/mol. The summed E-state index contributed by atoms with van der Waals surface area (Å²) in [6.45, 7) is 1.70. The van der Waals surface area contributed by atoms with E-state index in [1.807, 2.05) is 18.2 Å². The Labute approximate surface area is 198 Å². The third kappa shape index (κ3) is 7.82. The second kappa shape index (κ2) is 12.9. The van der Waals surface area contributed by atoms with Crippen molar-refractivity contribution >= 4 is 29.2 Å². The van der Waals surface area contributed by atoms with Crippen LogP contribution in [0.3, 0.4) is 0 Å². The zero-order chi connectivity index (χ0) is 23.5. The van der Waals surface area contributed by atoms with E-state index in [9.17, 15) is 14.4 Å². The van der Waals surface area contributed by atoms with Gasteiger partial charge in [0.05, 0.1) is 26.4 Å². The average molecular weight is 471 g/mol. The number of hydrogen-bond donors (Lipinski definition) is 2. The molecule has 2 amide bonds. The van der Waals surface area contributed by atoms with Crippen molar-refractivity contribution in [3.8, 4) is 0 Å². The molecule has 1 aliphatic heterocycles. The van der Waals surface area contributed by atoms with Gasteiger partial charge in [-0.25, -0.2) is 0 Å². The van der Waals surface area contributed by atoms with Gasteiger partial charge in [0.2, 0.25) is 5.78 Å². The molecule has 174 valence electrons. The molecular formula is C25H27ClN2O5. The van der Waals surface area contributed by atoms with E-state index in [4.69, 9.17) is 21.1 Å². The first-order chi connectivity index (χ1) is 16.0. The van der Waals surface area contributed by atoms with Crippen LogP contribution in [0, 0.1) is 0 Å². The highest BCUT2D eigenvalue weighted by Crippen LogP contribution is 2.12. The quantitative estimate of drug-likeness (QED) is 0.517. The topological polar surface area (TPSA) is 93.7 Å². The number of halogens is 1. The van der Waals surface area contributed by atoms with E-state index in [2.05, 4.69) is 10.6 Å². The number of ether oxygens (including phenoxy) is 2. The number of amides is 2. The standard InChI is InChI=1S/C25H27ClN2O5/c26-20-10-8-18(9-11-20)12-13-27-25(31)23(29)22-7-3-4-14-32-15-16-33-17-19-5-1-2-6-21(19)24(30)28-22/h1-6,8-11,22H,7,12-17H2,(H,27,31)(H,28,30)/b4-3-/t22-/m0/s1. The molecule has 0 spiro atoms. The SMILES string of the molecule is O=C(NCCc1ccc(Cl)cc1)C(=O)[C@@H]1C/C=C\COCCOCc2ccccc2C(=O)N1. The largest absolute Gasteiger partial charge is 0.375 e. The minimum absolute atomic E-state index is 0.178. The Morgan fingerprint density at radius 1 is 1.03 bits per heavy atom. The van der Waals surface area contributed by atoms with Crippen LogP contribution in [0.5, 0.6) is 0 Å². The zero-order valence-electron chi connectivity index (χ0n) is 18.2. The van der Waals surface area contributed by atoms with E-state index >= 15 is 0 Å². The highest BCUT2D eigenvalue weighted by molar-refractivity contribution is 6.38. The van der Waals surface area contributed by atoms with Crippen LogP contribution in [-0.2, 0) is 32.1 Å². The molecule has 33 heavy (non-hydrogen) atoms. The lowest BCUT2D eigenvalue weighted by Gasteiger charge is -2.18. The molecule has 0 unspecified atom stereocenters. The highest BCUT2D eigenvalue weighted by atomic mass is 35.5. The molecule has 1 heterocycles. The smallest absolute Gasteiger partial charge is 0.289 e. The van der Waals surface area contributed by atoms with Gasteiger partial charge in [0.15, 0.2) is 0 Å². The number of Topliss-reactive ketones (excluding diaryl/α,β-unsaturated/α-hetero) is 1. The summed E-state index contributed by atoms with van der Waals surface area (Å²) in [6.07, 6.45) is 4.21. The zero-order valence-corrected chi connectivity index (χ0v) is 19.0. The number of carbonyl (C=O) groups is 3. The molecule has 2 N–H and O–H groups in total. The van der Waals surface area contributed by atoms with Crippen molar-refractivity contribution in [2.75, 3.05) is 26.4 Å². The van der Waals surface area contributed by atoms with E-state index in [0.29, 0.717) is 42.4 Å². The molecule has 0 aromatic heterocycles. The summed E-state index contributed by atoms with van der Waals surface area (Å²) in [6, 6.07) is 13.3. The molecule has 0 fully saturated rings. The Morgan fingerprint density at radius 2 is 1.79 bits per heavy atom. The molecule has 0 saturated heterocycles. The Kier molecular flexibility index (Phi) is 9.62. The summed E-state index contributed by atoms with van der Waals surface area (Å²) >= 11 is 5.88. The molecule has 0 saturated carbocycles. The summed E-state index contributed by atoms with van der Waals surface area (Å²) in [5.74, 6) is -1.87. The van der Waals surface area contributed by atoms with Gasteiger partial charge in [0.25, 0.3) is 11.8 Å². The number of carbonyl (C=O) groups excluding carboxylic acids is 3. The van der Waals surface area contributed by atoms with Gasteiger partial charge in [-0.2, -0.15) is 0 Å². The van der Waals surface area contributed by atoms with E-state index < -0.39 is 23.6 Å². The van der Waals surface area contributed by atoms with Gasteiger partial charge in [-0.3, -0.25) is 14.4 Å². The van der Waals surface area contributed by atoms with Crippen molar-refractivity contribution in [2.24, 2.45) is 0 Å². The fourth-order valence-corrected chi connectivity index (χ4v) is 3.43. The predicted octanol–water partition coefficient (Wildman–Crippen LogP) is 2.86. The number of ketones is 1. The fraction of sp³-hybridized carbons (Fsp3) is 0.320. The van der Waals surface area contributed by atoms with Gasteiger partial charge in [0, 0.05) is 17.1 Å². The number of rotatable bonds is 5. The first-order valence-electron chi connectivity index (χ1n) is 10.8. The molecule has 2 aromatic carbocycles. The summed E-state index contributed by atoms with van der Waals surface area (Å²) in [5, 5.41) is 5.98. The summed E-state index contributed by atoms with van der Waals surface area (Å²) in [5.41, 5.74) is 2.09. The van der Waals surface area contributed by atoms with E-state index in [-0.39, 0.29) is 19.6 Å². The molecule has 0 aliphatic carbocycles. The lowest BCUT2D eigenvalue weighted by Crippen LogP contribution is -2.47. The molecule has 8 heteroatoms. The summed E-state index contributed by atoms with van der Waals surface area (Å²) in [7, 11) is 0. The maximum absolute atomic E-state index is 12.9. The molecule has 1 atom stereocenters. The van der Waals surface area contributed by atoms with Gasteiger partial charge >= 0.3 is 0 Å². The van der Waals surface area contributed by atoms with Crippen molar-refractivity contribution in [3.05, 3.63) is 82.4 Å². The van der Waals surface area contributed by atoms with Crippen LogP contribution in [0.2, 0.25) is 5.02 Å². The van der Waals surface area contributed by atoms with Crippen molar-refractivity contribution in [3.63, 3.8) is 0 Å². The van der Waals surface area contributed by atoms with Gasteiger partial charge in [-0.05, 0) is 42.2 Å². The number of fused-ring (bicyclic) bond motifs is 1. The van der Waals surface area contributed by atoms with E-state index in [1.165, 1.54) is 0 Å². The molecule has 2 aromatic rings. The van der Waals surface area contributed by atoms with Gasteiger partial charge in [0.1, 0.15) is 6.04 Å². The molecule has 3 rings (SSSR count). The number of hydrogen-bond acceptors (Lipinski definition) is 5. The third-order valence-corrected chi connectivity index (χ3v) is 5.35. The van der Waals surface area contributed by atoms with Crippen molar-refractivity contribution in [2.45, 2.75) is 25.5 Å². The van der Waals surface area contributed by atoms with Crippen LogP contribution in [0.4, 0.5) is 0 Å². The lowest BCUT2D eigenvalue weighted by atomic mass is 10.0. The third-order valence-electron chi connectivity index (χ3n) is 5.10. The molecule has 0 radical (unpaired) electrons. The first-order valence-corrected chi connectivity index (χ1v) is 11.2. The maximum Gasteiger partial charge on any atom is 0.289 e. The van der Waals surface area contributed by atoms with Gasteiger partial charge in [-0.15, -0.1) is 0 Å². The summed E-state index contributed by atoms with van der Waals surface area (Å²) in [4.78, 5) is 38.3. The Bertz CT molecular complexity index is 991. The Morgan fingerprint density at radius 3 is 2.61 bits per heavy atom. The second-order valence-corrected chi connectivity index (χ2v) is 7.95. The molecule has 7 nitrogen and oxygen atoms in total. The first kappa shape index (κ1) is 24.6. The van der Waals surface area contributed by atoms with Crippen LogP contribution in [0.1, 0.15) is 27.9 Å². The number of benzene rings is 2. The predicted molar refractivity (Wildman–Crippen MR) is 125 cm³/mol. The van der Waals surface area contributed by atoms with E-state index in [0.717, 1.165) is 5.56 Å². The van der Waals surface area contributed by atoms with Crippen LogP contribution in [0.25, 0.3) is 0 Å². The summed E-state index contributed by atoms with van der Waals surface area (Å²) < 4.78 is 11.0. The van der Waals surface area contributed by atoms with Crippen molar-refractivity contribution < 1.29 is 23.9 Å². The normalized spacial score (nSPS) is 18.3. The second-order valence-electron chi connectivity index (χ2n) is 7.51. The van der Waals surface area contributed by atoms with Crippen molar-refractivity contribution in [1.29, 1.82) is 0 Å². The fourth-order valence-electron chi connectivity index (χ4n) is 3.30. The molecule has 1 aliphatic rings. The van der Waals surface area contributed by atoms with Crippen LogP contribution in [0.15, 0.2) is 60.7 Å². The Hall–Kier alpha value is -3.00. The molecular weight excluding hydrogens is 444 g/mol. The van der Waals surface area contributed by atoms with Gasteiger partial charge in [-0.1, -0.05) is 54.1 Å². The van der Waals surface area contributed by atoms with Gasteiger partial charge < -0.3 is 20.1 Å². The Balaban J connectivity index is 1.66. The van der Waals surface area contributed by atoms with Crippen LogP contribution >= 0.6 is 11.6 Å². The van der Waals surface area contributed by atoms with Crippen LogP contribution < -0.4 is 10.6 Å². The maximum atomic E-state index is 12.9. The minimum Gasteiger partial charge on any atom is -0.375 e. The van der Waals surface area contributed by atoms with Crippen molar-refractivity contribution in [1.82, 2.24) is 10.6 Å². The highest BCUT2D eigenvalue weighted by Gasteiger charge is 2.27. The molecule has 0 bridgehead atoms. The average Bonchev–Trinajstić information content (AvgIpc) is 2.82. The van der Waals surface area contributed by atoms with E-state index in [1.54, 1.807) is 42.5 Å².